The van der Waals surface area contributed by atoms with Crippen LogP contribution >= 0.6 is 11.3 Å². The number of ketones is 1. The molecule has 2 atom stereocenters. The minimum Gasteiger partial charge on any atom is -0.300 e. The van der Waals surface area contributed by atoms with Gasteiger partial charge in [-0.2, -0.15) is 0 Å². The normalized spacial score (nSPS) is 31.8. The first-order valence-electron chi connectivity index (χ1n) is 8.36. The number of Topliss-reactive ketones (excluding diaryl/α,β-unsaturated/α-hetero) is 1. The van der Waals surface area contributed by atoms with Crippen LogP contribution < -0.4 is 0 Å². The van der Waals surface area contributed by atoms with Crippen molar-refractivity contribution in [3.8, 4) is 0 Å². The number of carbonyl (C=O) groups is 1. The lowest BCUT2D eigenvalue weighted by molar-refractivity contribution is -0.127. The van der Waals surface area contributed by atoms with Crippen LogP contribution in [0.4, 0.5) is 0 Å². The Morgan fingerprint density at radius 3 is 2.62 bits per heavy atom. The van der Waals surface area contributed by atoms with Crippen LogP contribution in [0.25, 0.3) is 0 Å². The van der Waals surface area contributed by atoms with Crippen LogP contribution in [0.15, 0.2) is 17.5 Å². The molecule has 3 rings (SSSR count). The molecule has 0 bridgehead atoms. The van der Waals surface area contributed by atoms with Gasteiger partial charge in [0.2, 0.25) is 0 Å². The van der Waals surface area contributed by atoms with Crippen LogP contribution in [0.1, 0.15) is 56.2 Å². The molecule has 2 aliphatic carbocycles. The highest BCUT2D eigenvalue weighted by Gasteiger charge is 2.47. The van der Waals surface area contributed by atoms with Crippen molar-refractivity contribution in [3.05, 3.63) is 22.4 Å². The van der Waals surface area contributed by atoms with E-state index in [1.165, 1.54) is 37.0 Å². The predicted molar refractivity (Wildman–Crippen MR) is 88.9 cm³/mol. The molecule has 3 heteroatoms. The monoisotopic (exact) mass is 305 g/mol. The summed E-state index contributed by atoms with van der Waals surface area (Å²) < 4.78 is 0. The summed E-state index contributed by atoms with van der Waals surface area (Å²) in [5, 5.41) is 2.21. The molecule has 1 aromatic rings. The molecule has 1 heterocycles. The first-order valence-corrected chi connectivity index (χ1v) is 9.24. The Kier molecular flexibility index (Phi) is 4.51. The lowest BCUT2D eigenvalue weighted by Crippen LogP contribution is -2.50. The summed E-state index contributed by atoms with van der Waals surface area (Å²) in [6, 6.07) is 4.62. The molecule has 2 saturated carbocycles. The molecule has 116 valence electrons. The van der Waals surface area contributed by atoms with Gasteiger partial charge in [-0.3, -0.25) is 9.69 Å². The second kappa shape index (κ2) is 6.21. The van der Waals surface area contributed by atoms with Crippen molar-refractivity contribution in [2.45, 2.75) is 62.8 Å². The van der Waals surface area contributed by atoms with E-state index in [2.05, 4.69) is 36.5 Å². The second-order valence-corrected chi connectivity index (χ2v) is 8.07. The first kappa shape index (κ1) is 15.2. The Labute approximate surface area is 132 Å². The van der Waals surface area contributed by atoms with E-state index in [0.717, 1.165) is 25.2 Å². The maximum absolute atomic E-state index is 12.3. The van der Waals surface area contributed by atoms with Gasteiger partial charge in [0.25, 0.3) is 0 Å². The SMILES string of the molecule is CN(C)[C@@H]1C[C@@](c2cccs2)(C2CCCCC2)CCC1=O. The zero-order valence-corrected chi connectivity index (χ0v) is 14.1. The summed E-state index contributed by atoms with van der Waals surface area (Å²) in [6.07, 6.45) is 9.71. The molecule has 0 radical (unpaired) electrons. The van der Waals surface area contributed by atoms with Crippen LogP contribution in [-0.2, 0) is 10.2 Å². The van der Waals surface area contributed by atoms with Gasteiger partial charge < -0.3 is 0 Å². The Bertz CT molecular complexity index is 475. The van der Waals surface area contributed by atoms with Crippen molar-refractivity contribution in [2.24, 2.45) is 5.92 Å². The average Bonchev–Trinajstić information content (AvgIpc) is 3.03. The molecular weight excluding hydrogens is 278 g/mol. The summed E-state index contributed by atoms with van der Waals surface area (Å²) in [5.41, 5.74) is 0.261. The van der Waals surface area contributed by atoms with Crippen LogP contribution in [0.2, 0.25) is 0 Å². The fraction of sp³-hybridized carbons (Fsp3) is 0.722. The van der Waals surface area contributed by atoms with E-state index in [-0.39, 0.29) is 11.5 Å². The third kappa shape index (κ3) is 2.83. The molecule has 21 heavy (non-hydrogen) atoms. The van der Waals surface area contributed by atoms with Crippen molar-refractivity contribution < 1.29 is 4.79 Å². The molecule has 2 nitrogen and oxygen atoms in total. The van der Waals surface area contributed by atoms with Crippen molar-refractivity contribution in [2.75, 3.05) is 14.1 Å². The standard InChI is InChI=1S/C18H27NOS/c1-19(2)15-13-18(11-10-16(15)20,17-9-6-12-21-17)14-7-4-3-5-8-14/h6,9,12,14-15H,3-5,7-8,10-11,13H2,1-2H3/t15-,18-/m1/s1. The van der Waals surface area contributed by atoms with Gasteiger partial charge in [0.05, 0.1) is 6.04 Å². The van der Waals surface area contributed by atoms with E-state index >= 15 is 0 Å². The highest BCUT2D eigenvalue weighted by atomic mass is 32.1. The Morgan fingerprint density at radius 1 is 1.24 bits per heavy atom. The molecule has 0 saturated heterocycles. The Hall–Kier alpha value is -0.670. The molecular formula is C18H27NOS. The van der Waals surface area contributed by atoms with Gasteiger partial charge in [0.15, 0.2) is 0 Å². The largest absolute Gasteiger partial charge is 0.300 e. The Balaban J connectivity index is 1.94. The fourth-order valence-electron chi connectivity index (χ4n) is 4.56. The maximum atomic E-state index is 12.3. The maximum Gasteiger partial charge on any atom is 0.150 e. The van der Waals surface area contributed by atoms with Crippen molar-refractivity contribution >= 4 is 17.1 Å². The number of rotatable bonds is 3. The zero-order valence-electron chi connectivity index (χ0n) is 13.3. The van der Waals surface area contributed by atoms with Gasteiger partial charge >= 0.3 is 0 Å². The summed E-state index contributed by atoms with van der Waals surface area (Å²) in [4.78, 5) is 16.0. The number of hydrogen-bond donors (Lipinski definition) is 0. The summed E-state index contributed by atoms with van der Waals surface area (Å²) in [5.74, 6) is 1.23. The summed E-state index contributed by atoms with van der Waals surface area (Å²) >= 11 is 1.91. The summed E-state index contributed by atoms with van der Waals surface area (Å²) in [6.45, 7) is 0. The van der Waals surface area contributed by atoms with Gasteiger partial charge in [0.1, 0.15) is 5.78 Å². The third-order valence-corrected chi connectivity index (χ3v) is 6.86. The Morgan fingerprint density at radius 2 is 2.00 bits per heavy atom. The molecule has 2 fully saturated rings. The first-order chi connectivity index (χ1) is 10.1. The predicted octanol–water partition coefficient (Wildman–Crippen LogP) is 4.25. The number of likely N-dealkylation sites (N-methyl/N-ethyl adjacent to an activating group) is 1. The second-order valence-electron chi connectivity index (χ2n) is 7.12. The number of nitrogens with zero attached hydrogens (tertiary/aromatic N) is 1. The van der Waals surface area contributed by atoms with E-state index in [9.17, 15) is 4.79 Å². The number of thiophene rings is 1. The molecule has 0 aromatic carbocycles. The van der Waals surface area contributed by atoms with Gasteiger partial charge in [-0.05, 0) is 57.1 Å². The van der Waals surface area contributed by atoms with Crippen molar-refractivity contribution in [1.29, 1.82) is 0 Å². The van der Waals surface area contributed by atoms with E-state index in [0.29, 0.717) is 5.78 Å². The number of hydrogen-bond acceptors (Lipinski definition) is 3. The minimum absolute atomic E-state index is 0.114. The number of carbonyl (C=O) groups excluding carboxylic acids is 1. The fourth-order valence-corrected chi connectivity index (χ4v) is 5.60. The van der Waals surface area contributed by atoms with Crippen LogP contribution in [0.3, 0.4) is 0 Å². The van der Waals surface area contributed by atoms with Gasteiger partial charge in [-0.25, -0.2) is 0 Å². The van der Waals surface area contributed by atoms with Gasteiger partial charge in [-0.1, -0.05) is 25.3 Å². The van der Waals surface area contributed by atoms with Crippen LogP contribution in [-0.4, -0.2) is 30.8 Å². The highest BCUT2D eigenvalue weighted by molar-refractivity contribution is 7.10. The van der Waals surface area contributed by atoms with Gasteiger partial charge in [0, 0.05) is 16.7 Å². The topological polar surface area (TPSA) is 20.3 Å². The third-order valence-electron chi connectivity index (χ3n) is 5.77. The minimum atomic E-state index is 0.114. The smallest absolute Gasteiger partial charge is 0.150 e. The zero-order chi connectivity index (χ0) is 14.9. The van der Waals surface area contributed by atoms with Crippen LogP contribution in [0.5, 0.6) is 0 Å². The molecule has 2 aliphatic rings. The van der Waals surface area contributed by atoms with Crippen LogP contribution in [0, 0.1) is 5.92 Å². The lowest BCUT2D eigenvalue weighted by Gasteiger charge is -2.48. The summed E-state index contributed by atoms with van der Waals surface area (Å²) in [7, 11) is 4.13. The molecule has 1 aromatic heterocycles. The van der Waals surface area contributed by atoms with Gasteiger partial charge in [-0.15, -0.1) is 11.3 Å². The van der Waals surface area contributed by atoms with E-state index in [4.69, 9.17) is 0 Å². The quantitative estimate of drug-likeness (QED) is 0.832. The lowest BCUT2D eigenvalue weighted by atomic mass is 9.59. The molecule has 0 amide bonds. The highest BCUT2D eigenvalue weighted by Crippen LogP contribution is 2.51. The van der Waals surface area contributed by atoms with Crippen molar-refractivity contribution in [1.82, 2.24) is 4.90 Å². The molecule has 0 aliphatic heterocycles. The molecule has 0 unspecified atom stereocenters. The van der Waals surface area contributed by atoms with E-state index in [1.807, 2.05) is 11.3 Å². The van der Waals surface area contributed by atoms with Crippen molar-refractivity contribution in [3.63, 3.8) is 0 Å². The van der Waals surface area contributed by atoms with E-state index < -0.39 is 0 Å². The average molecular weight is 305 g/mol. The molecule has 0 N–H and O–H groups in total. The molecule has 0 spiro atoms. The van der Waals surface area contributed by atoms with E-state index in [1.54, 1.807) is 0 Å².